The maximum absolute atomic E-state index is 11.6. The number of guanidine groups is 1. The minimum atomic E-state index is 0. The van der Waals surface area contributed by atoms with Gasteiger partial charge in [-0.05, 0) is 50.3 Å². The molecule has 146 valence electrons. The highest BCUT2D eigenvalue weighted by molar-refractivity contribution is 14.0. The normalized spacial score (nSPS) is 14.3. The maximum Gasteiger partial charge on any atom is 0.222 e. The Bertz CT molecular complexity index is 563. The standard InChI is InChI=1S/C19H30N4O2.HI/c1-2-20-19(22-13-5-15-23-14-4-7-18(23)25)21-12-3-6-16-8-10-17(24)11-9-16;/h8-11,24H,2-7,12-15H2,1H3,(H2,20,21,22);1H. The van der Waals surface area contributed by atoms with Crippen LogP contribution in [0.5, 0.6) is 5.75 Å². The van der Waals surface area contributed by atoms with Crippen molar-refractivity contribution >= 4 is 35.8 Å². The van der Waals surface area contributed by atoms with Crippen molar-refractivity contribution in [2.45, 2.75) is 39.0 Å². The number of carbonyl (C=O) groups is 1. The molecule has 0 spiro atoms. The Kier molecular flexibility index (Phi) is 11.1. The van der Waals surface area contributed by atoms with Gasteiger partial charge in [-0.25, -0.2) is 0 Å². The van der Waals surface area contributed by atoms with Crippen LogP contribution in [0.15, 0.2) is 29.3 Å². The summed E-state index contributed by atoms with van der Waals surface area (Å²) >= 11 is 0. The minimum absolute atomic E-state index is 0. The fraction of sp³-hybridized carbons (Fsp3) is 0.579. The quantitative estimate of drug-likeness (QED) is 0.223. The molecular formula is C19H31IN4O2. The molecule has 3 N–H and O–H groups in total. The number of hydrogen-bond acceptors (Lipinski definition) is 3. The predicted molar refractivity (Wildman–Crippen MR) is 116 cm³/mol. The first-order valence-electron chi connectivity index (χ1n) is 9.27. The van der Waals surface area contributed by atoms with Crippen molar-refractivity contribution < 1.29 is 9.90 Å². The van der Waals surface area contributed by atoms with Crippen LogP contribution in [0.3, 0.4) is 0 Å². The van der Waals surface area contributed by atoms with Crippen LogP contribution >= 0.6 is 24.0 Å². The number of aryl methyl sites for hydroxylation is 1. The van der Waals surface area contributed by atoms with Gasteiger partial charge in [0.15, 0.2) is 5.96 Å². The van der Waals surface area contributed by atoms with Crippen molar-refractivity contribution in [3.63, 3.8) is 0 Å². The number of rotatable bonds is 9. The number of hydrogen-bond donors (Lipinski definition) is 3. The number of amides is 1. The Labute approximate surface area is 173 Å². The third kappa shape index (κ3) is 8.25. The van der Waals surface area contributed by atoms with E-state index >= 15 is 0 Å². The minimum Gasteiger partial charge on any atom is -0.508 e. The number of phenolic OH excluding ortho intramolecular Hbond substituents is 1. The summed E-state index contributed by atoms with van der Waals surface area (Å²) in [5, 5.41) is 15.9. The lowest BCUT2D eigenvalue weighted by molar-refractivity contribution is -0.127. The number of nitrogens with one attached hydrogen (secondary N) is 2. The molecule has 1 aromatic rings. The van der Waals surface area contributed by atoms with Crippen molar-refractivity contribution in [1.29, 1.82) is 0 Å². The molecular weight excluding hydrogens is 443 g/mol. The van der Waals surface area contributed by atoms with Crippen LogP contribution in [0, 0.1) is 0 Å². The molecule has 1 aromatic carbocycles. The largest absolute Gasteiger partial charge is 0.508 e. The molecule has 26 heavy (non-hydrogen) atoms. The fourth-order valence-corrected chi connectivity index (χ4v) is 2.90. The van der Waals surface area contributed by atoms with Gasteiger partial charge in [-0.15, -0.1) is 24.0 Å². The molecule has 1 aliphatic rings. The Morgan fingerprint density at radius 3 is 2.65 bits per heavy atom. The number of carbonyl (C=O) groups excluding carboxylic acids is 1. The van der Waals surface area contributed by atoms with E-state index in [1.165, 1.54) is 5.56 Å². The molecule has 1 aliphatic heterocycles. The molecule has 0 bridgehead atoms. The average molecular weight is 474 g/mol. The first-order valence-corrected chi connectivity index (χ1v) is 9.27. The third-order valence-electron chi connectivity index (χ3n) is 4.24. The van der Waals surface area contributed by atoms with Gasteiger partial charge in [0.2, 0.25) is 5.91 Å². The van der Waals surface area contributed by atoms with Gasteiger partial charge in [0.25, 0.3) is 0 Å². The number of likely N-dealkylation sites (tertiary alicyclic amines) is 1. The molecule has 0 aliphatic carbocycles. The molecule has 0 saturated carbocycles. The SMILES string of the molecule is CCNC(=NCCCN1CCCC1=O)NCCCc1ccc(O)cc1.I. The van der Waals surface area contributed by atoms with Crippen LogP contribution in [0.25, 0.3) is 0 Å². The van der Waals surface area contributed by atoms with Crippen molar-refractivity contribution in [3.8, 4) is 5.75 Å². The van der Waals surface area contributed by atoms with E-state index in [2.05, 4.69) is 22.5 Å². The number of phenols is 1. The van der Waals surface area contributed by atoms with Gasteiger partial charge in [0.05, 0.1) is 0 Å². The Morgan fingerprint density at radius 1 is 1.23 bits per heavy atom. The van der Waals surface area contributed by atoms with Gasteiger partial charge in [0.1, 0.15) is 5.75 Å². The van der Waals surface area contributed by atoms with Gasteiger partial charge >= 0.3 is 0 Å². The zero-order chi connectivity index (χ0) is 17.9. The van der Waals surface area contributed by atoms with Crippen molar-refractivity contribution in [3.05, 3.63) is 29.8 Å². The van der Waals surface area contributed by atoms with Crippen LogP contribution in [-0.4, -0.2) is 54.6 Å². The van der Waals surface area contributed by atoms with Crippen LogP contribution in [0.1, 0.15) is 38.2 Å². The Hall–Kier alpha value is -1.51. The van der Waals surface area contributed by atoms with E-state index in [-0.39, 0.29) is 29.9 Å². The smallest absolute Gasteiger partial charge is 0.222 e. The van der Waals surface area contributed by atoms with E-state index in [4.69, 9.17) is 0 Å². The molecule has 1 heterocycles. The van der Waals surface area contributed by atoms with Crippen molar-refractivity contribution in [1.82, 2.24) is 15.5 Å². The molecule has 2 rings (SSSR count). The lowest BCUT2D eigenvalue weighted by Gasteiger charge is -2.15. The van der Waals surface area contributed by atoms with Gasteiger partial charge in [0, 0.05) is 39.1 Å². The van der Waals surface area contributed by atoms with E-state index in [0.717, 1.165) is 64.4 Å². The van der Waals surface area contributed by atoms with Gasteiger partial charge in [-0.2, -0.15) is 0 Å². The molecule has 0 aromatic heterocycles. The summed E-state index contributed by atoms with van der Waals surface area (Å²) in [6, 6.07) is 7.35. The predicted octanol–water partition coefficient (Wildman–Crippen LogP) is 2.51. The summed E-state index contributed by atoms with van der Waals surface area (Å²) in [5.41, 5.74) is 1.22. The summed E-state index contributed by atoms with van der Waals surface area (Å²) in [6.45, 7) is 6.15. The zero-order valence-corrected chi connectivity index (χ0v) is 17.9. The third-order valence-corrected chi connectivity index (χ3v) is 4.24. The number of nitrogens with zero attached hydrogens (tertiary/aromatic N) is 2. The van der Waals surface area contributed by atoms with E-state index in [1.807, 2.05) is 17.0 Å². The fourth-order valence-electron chi connectivity index (χ4n) is 2.90. The molecule has 1 amide bonds. The van der Waals surface area contributed by atoms with Crippen LogP contribution in [0.2, 0.25) is 0 Å². The number of aromatic hydroxyl groups is 1. The number of benzene rings is 1. The highest BCUT2D eigenvalue weighted by Gasteiger charge is 2.18. The summed E-state index contributed by atoms with van der Waals surface area (Å²) in [5.74, 6) is 1.42. The molecule has 6 nitrogen and oxygen atoms in total. The van der Waals surface area contributed by atoms with Gasteiger partial charge < -0.3 is 20.6 Å². The second kappa shape index (κ2) is 12.8. The average Bonchev–Trinajstić information content (AvgIpc) is 3.02. The topological polar surface area (TPSA) is 77.0 Å². The summed E-state index contributed by atoms with van der Waals surface area (Å²) in [6.07, 6.45) is 4.55. The van der Waals surface area contributed by atoms with E-state index in [9.17, 15) is 9.90 Å². The van der Waals surface area contributed by atoms with Crippen LogP contribution in [-0.2, 0) is 11.2 Å². The lowest BCUT2D eigenvalue weighted by atomic mass is 10.1. The number of halogens is 1. The van der Waals surface area contributed by atoms with E-state index < -0.39 is 0 Å². The molecule has 0 atom stereocenters. The Balaban J connectivity index is 0.00000338. The second-order valence-electron chi connectivity index (χ2n) is 6.30. The zero-order valence-electron chi connectivity index (χ0n) is 15.5. The van der Waals surface area contributed by atoms with Crippen molar-refractivity contribution in [2.75, 3.05) is 32.7 Å². The first-order chi connectivity index (χ1) is 12.2. The monoisotopic (exact) mass is 474 g/mol. The molecule has 1 fully saturated rings. The Morgan fingerprint density at radius 2 is 2.00 bits per heavy atom. The van der Waals surface area contributed by atoms with E-state index in [1.54, 1.807) is 12.1 Å². The van der Waals surface area contributed by atoms with Crippen molar-refractivity contribution in [2.24, 2.45) is 4.99 Å². The van der Waals surface area contributed by atoms with Gasteiger partial charge in [-0.3, -0.25) is 9.79 Å². The molecule has 0 unspecified atom stereocenters. The second-order valence-corrected chi connectivity index (χ2v) is 6.30. The molecule has 1 saturated heterocycles. The summed E-state index contributed by atoms with van der Waals surface area (Å²) < 4.78 is 0. The van der Waals surface area contributed by atoms with Crippen LogP contribution < -0.4 is 10.6 Å². The van der Waals surface area contributed by atoms with E-state index in [0.29, 0.717) is 12.2 Å². The van der Waals surface area contributed by atoms with Crippen LogP contribution in [0.4, 0.5) is 0 Å². The molecule has 0 radical (unpaired) electrons. The highest BCUT2D eigenvalue weighted by atomic mass is 127. The lowest BCUT2D eigenvalue weighted by Crippen LogP contribution is -2.38. The molecule has 7 heteroatoms. The summed E-state index contributed by atoms with van der Waals surface area (Å²) in [4.78, 5) is 18.1. The first kappa shape index (κ1) is 22.5. The highest BCUT2D eigenvalue weighted by Crippen LogP contribution is 2.11. The van der Waals surface area contributed by atoms with Gasteiger partial charge in [-0.1, -0.05) is 12.1 Å². The summed E-state index contributed by atoms with van der Waals surface area (Å²) in [7, 11) is 0. The maximum atomic E-state index is 11.6. The number of aliphatic imine (C=N–C) groups is 1.